The number of carbonyl (C=O) groups is 1. The van der Waals surface area contributed by atoms with Crippen LogP contribution in [0.3, 0.4) is 0 Å². The van der Waals surface area contributed by atoms with Gasteiger partial charge in [0, 0.05) is 24.3 Å². The van der Waals surface area contributed by atoms with Gasteiger partial charge >= 0.3 is 5.97 Å². The lowest BCUT2D eigenvalue weighted by Crippen LogP contribution is -2.11. The van der Waals surface area contributed by atoms with Gasteiger partial charge < -0.3 is 15.0 Å². The van der Waals surface area contributed by atoms with Crippen LogP contribution in [0.5, 0.6) is 0 Å². The topological polar surface area (TPSA) is 110 Å². The van der Waals surface area contributed by atoms with E-state index in [-0.39, 0.29) is 18.3 Å². The highest BCUT2D eigenvalue weighted by atomic mass is 16.6. The zero-order valence-electron chi connectivity index (χ0n) is 13.3. The van der Waals surface area contributed by atoms with Gasteiger partial charge in [-0.3, -0.25) is 10.1 Å². The molecular formula is C17H16N4O4. The third-order valence-electron chi connectivity index (χ3n) is 3.61. The summed E-state index contributed by atoms with van der Waals surface area (Å²) in [6.07, 6.45) is 3.60. The summed E-state index contributed by atoms with van der Waals surface area (Å²) in [5, 5.41) is 14.6. The van der Waals surface area contributed by atoms with E-state index in [9.17, 15) is 14.9 Å². The molecule has 0 aliphatic carbocycles. The average Bonchev–Trinajstić information content (AvgIpc) is 3.09. The third kappa shape index (κ3) is 4.11. The number of benzene rings is 1. The van der Waals surface area contributed by atoms with Crippen LogP contribution in [0.2, 0.25) is 0 Å². The van der Waals surface area contributed by atoms with Crippen molar-refractivity contribution in [2.45, 2.75) is 6.42 Å². The van der Waals surface area contributed by atoms with Crippen molar-refractivity contribution >= 4 is 28.4 Å². The molecule has 0 atom stereocenters. The fraction of sp³-hybridized carbons (Fsp3) is 0.176. The number of nitrogens with one attached hydrogen (secondary N) is 2. The standard InChI is InChI=1S/C17H16N4O4/c22-17(13-3-2-12-6-8-18-15(12)10-13)25-9-1-7-19-16-5-4-14(11-20-16)21(23)24/h2-6,8,10-11,18H,1,7,9H2,(H,19,20). The van der Waals surface area contributed by atoms with Gasteiger partial charge in [-0.15, -0.1) is 0 Å². The Kier molecular flexibility index (Phi) is 4.89. The molecule has 2 heterocycles. The summed E-state index contributed by atoms with van der Waals surface area (Å²) < 4.78 is 5.24. The van der Waals surface area contributed by atoms with Crippen LogP contribution in [-0.2, 0) is 4.74 Å². The number of hydrogen-bond acceptors (Lipinski definition) is 6. The van der Waals surface area contributed by atoms with Crippen molar-refractivity contribution in [3.05, 3.63) is 64.5 Å². The molecule has 0 fully saturated rings. The first-order valence-electron chi connectivity index (χ1n) is 7.72. The second-order valence-electron chi connectivity index (χ2n) is 5.35. The predicted octanol–water partition coefficient (Wildman–Crippen LogP) is 3.13. The molecule has 0 radical (unpaired) electrons. The highest BCUT2D eigenvalue weighted by Gasteiger charge is 2.08. The fourth-order valence-corrected chi connectivity index (χ4v) is 2.31. The first-order valence-corrected chi connectivity index (χ1v) is 7.72. The number of aromatic amines is 1. The first kappa shape index (κ1) is 16.4. The largest absolute Gasteiger partial charge is 0.462 e. The van der Waals surface area contributed by atoms with Crippen LogP contribution in [0.15, 0.2) is 48.8 Å². The fourth-order valence-electron chi connectivity index (χ4n) is 2.31. The quantitative estimate of drug-likeness (QED) is 0.296. The highest BCUT2D eigenvalue weighted by molar-refractivity contribution is 5.94. The Hall–Kier alpha value is -3.42. The number of nitro groups is 1. The number of ether oxygens (including phenoxy) is 1. The van der Waals surface area contributed by atoms with Crippen LogP contribution >= 0.6 is 0 Å². The zero-order valence-corrected chi connectivity index (χ0v) is 13.3. The number of carbonyl (C=O) groups excluding carboxylic acids is 1. The van der Waals surface area contributed by atoms with E-state index in [1.54, 1.807) is 12.1 Å². The number of anilines is 1. The van der Waals surface area contributed by atoms with E-state index in [4.69, 9.17) is 4.74 Å². The molecule has 2 N–H and O–H groups in total. The Bertz CT molecular complexity index is 889. The molecular weight excluding hydrogens is 324 g/mol. The Morgan fingerprint density at radius 2 is 2.16 bits per heavy atom. The van der Waals surface area contributed by atoms with Gasteiger partial charge in [0.05, 0.1) is 17.1 Å². The van der Waals surface area contributed by atoms with E-state index in [0.717, 1.165) is 10.9 Å². The minimum Gasteiger partial charge on any atom is -0.462 e. The summed E-state index contributed by atoms with van der Waals surface area (Å²) in [6.45, 7) is 0.801. The van der Waals surface area contributed by atoms with E-state index in [0.29, 0.717) is 24.3 Å². The zero-order chi connectivity index (χ0) is 17.6. The van der Waals surface area contributed by atoms with Crippen LogP contribution in [0, 0.1) is 10.1 Å². The van der Waals surface area contributed by atoms with Crippen LogP contribution < -0.4 is 5.32 Å². The minimum atomic E-state index is -0.499. The lowest BCUT2D eigenvalue weighted by molar-refractivity contribution is -0.385. The predicted molar refractivity (Wildman–Crippen MR) is 92.6 cm³/mol. The van der Waals surface area contributed by atoms with Crippen LogP contribution in [-0.4, -0.2) is 34.0 Å². The monoisotopic (exact) mass is 340 g/mol. The van der Waals surface area contributed by atoms with Gasteiger partial charge in [-0.2, -0.15) is 0 Å². The van der Waals surface area contributed by atoms with Crippen molar-refractivity contribution in [3.8, 4) is 0 Å². The van der Waals surface area contributed by atoms with Gasteiger partial charge in [0.15, 0.2) is 0 Å². The van der Waals surface area contributed by atoms with E-state index in [2.05, 4.69) is 15.3 Å². The molecule has 0 spiro atoms. The number of hydrogen-bond donors (Lipinski definition) is 2. The summed E-state index contributed by atoms with van der Waals surface area (Å²) >= 11 is 0. The van der Waals surface area contributed by atoms with Crippen molar-refractivity contribution < 1.29 is 14.5 Å². The Labute approximate surface area is 143 Å². The highest BCUT2D eigenvalue weighted by Crippen LogP contribution is 2.15. The number of nitrogens with zero attached hydrogens (tertiary/aromatic N) is 2. The molecule has 3 aromatic rings. The second kappa shape index (κ2) is 7.43. The van der Waals surface area contributed by atoms with E-state index in [1.165, 1.54) is 18.3 Å². The maximum absolute atomic E-state index is 12.0. The minimum absolute atomic E-state index is 0.0569. The molecule has 0 aliphatic rings. The third-order valence-corrected chi connectivity index (χ3v) is 3.61. The van der Waals surface area contributed by atoms with Gasteiger partial charge in [-0.05, 0) is 36.1 Å². The van der Waals surface area contributed by atoms with Gasteiger partial charge in [-0.25, -0.2) is 9.78 Å². The molecule has 128 valence electrons. The maximum Gasteiger partial charge on any atom is 0.338 e. The molecule has 3 rings (SSSR count). The Morgan fingerprint density at radius 1 is 1.28 bits per heavy atom. The number of H-pyrrole nitrogens is 1. The number of fused-ring (bicyclic) bond motifs is 1. The molecule has 1 aromatic carbocycles. The van der Waals surface area contributed by atoms with Crippen LogP contribution in [0.4, 0.5) is 11.5 Å². The molecule has 0 saturated heterocycles. The lowest BCUT2D eigenvalue weighted by atomic mass is 10.2. The number of aromatic nitrogens is 2. The number of esters is 1. The smallest absolute Gasteiger partial charge is 0.338 e. The summed E-state index contributed by atoms with van der Waals surface area (Å²) in [5.41, 5.74) is 1.33. The molecule has 0 unspecified atom stereocenters. The van der Waals surface area contributed by atoms with Crippen LogP contribution in [0.1, 0.15) is 16.8 Å². The molecule has 25 heavy (non-hydrogen) atoms. The maximum atomic E-state index is 12.0. The lowest BCUT2D eigenvalue weighted by Gasteiger charge is -2.07. The first-order chi connectivity index (χ1) is 12.1. The van der Waals surface area contributed by atoms with Gasteiger partial charge in [0.2, 0.25) is 0 Å². The van der Waals surface area contributed by atoms with Crippen molar-refractivity contribution in [1.29, 1.82) is 0 Å². The van der Waals surface area contributed by atoms with Gasteiger partial charge in [0.25, 0.3) is 5.69 Å². The van der Waals surface area contributed by atoms with Crippen LogP contribution in [0.25, 0.3) is 10.9 Å². The summed E-state index contributed by atoms with van der Waals surface area (Å²) in [4.78, 5) is 29.1. The summed E-state index contributed by atoms with van der Waals surface area (Å²) in [7, 11) is 0. The molecule has 0 aliphatic heterocycles. The van der Waals surface area contributed by atoms with Gasteiger partial charge in [-0.1, -0.05) is 6.07 Å². The Morgan fingerprint density at radius 3 is 2.92 bits per heavy atom. The number of pyridine rings is 1. The normalized spacial score (nSPS) is 10.6. The Balaban J connectivity index is 1.41. The van der Waals surface area contributed by atoms with E-state index in [1.807, 2.05) is 18.3 Å². The van der Waals surface area contributed by atoms with Crippen molar-refractivity contribution in [2.24, 2.45) is 0 Å². The second-order valence-corrected chi connectivity index (χ2v) is 5.35. The molecule has 8 heteroatoms. The molecule has 0 saturated carbocycles. The van der Waals surface area contributed by atoms with Crippen molar-refractivity contribution in [2.75, 3.05) is 18.5 Å². The molecule has 0 amide bonds. The molecule has 8 nitrogen and oxygen atoms in total. The average molecular weight is 340 g/mol. The van der Waals surface area contributed by atoms with Gasteiger partial charge in [0.1, 0.15) is 12.0 Å². The molecule has 2 aromatic heterocycles. The summed E-state index contributed by atoms with van der Waals surface area (Å²) in [5.74, 6) is 0.166. The SMILES string of the molecule is O=C(OCCCNc1ccc([N+](=O)[O-])cn1)c1ccc2cc[nH]c2c1. The van der Waals surface area contributed by atoms with Crippen molar-refractivity contribution in [1.82, 2.24) is 9.97 Å². The molecule has 0 bridgehead atoms. The van der Waals surface area contributed by atoms with E-state index >= 15 is 0 Å². The summed E-state index contributed by atoms with van der Waals surface area (Å²) in [6, 6.07) is 10.2. The number of rotatable bonds is 7. The van der Waals surface area contributed by atoms with E-state index < -0.39 is 4.92 Å². The van der Waals surface area contributed by atoms with Crippen molar-refractivity contribution in [3.63, 3.8) is 0 Å².